The van der Waals surface area contributed by atoms with Crippen molar-refractivity contribution in [3.05, 3.63) is 33.8 Å². The van der Waals surface area contributed by atoms with Crippen LogP contribution in [0.3, 0.4) is 0 Å². The highest BCUT2D eigenvalue weighted by Gasteiger charge is 2.46. The number of ketones is 1. The van der Waals surface area contributed by atoms with Crippen molar-refractivity contribution in [3.8, 4) is 0 Å². The zero-order chi connectivity index (χ0) is 18.8. The predicted molar refractivity (Wildman–Crippen MR) is 99.0 cm³/mol. The monoisotopic (exact) mass is 397 g/mol. The number of nitrogens with zero attached hydrogens (tertiary/aromatic N) is 2. The summed E-state index contributed by atoms with van der Waals surface area (Å²) < 4.78 is 0. The Morgan fingerprint density at radius 1 is 1.19 bits per heavy atom. The third-order valence-electron chi connectivity index (χ3n) is 4.93. The van der Waals surface area contributed by atoms with E-state index in [2.05, 4.69) is 5.32 Å². The smallest absolute Gasteiger partial charge is 0.291 e. The first-order valence-corrected chi connectivity index (χ1v) is 9.38. The number of nitrogens with one attached hydrogen (secondary N) is 1. The van der Waals surface area contributed by atoms with Crippen LogP contribution in [-0.4, -0.2) is 60.1 Å². The third kappa shape index (κ3) is 4.03. The second-order valence-corrected chi connectivity index (χ2v) is 7.70. The van der Waals surface area contributed by atoms with Crippen molar-refractivity contribution in [2.24, 2.45) is 5.92 Å². The molecule has 2 saturated heterocycles. The van der Waals surface area contributed by atoms with E-state index >= 15 is 0 Å². The highest BCUT2D eigenvalue weighted by atomic mass is 35.5. The first-order chi connectivity index (χ1) is 12.4. The molecule has 1 aromatic rings. The quantitative estimate of drug-likeness (QED) is 0.620. The van der Waals surface area contributed by atoms with Gasteiger partial charge < -0.3 is 15.1 Å². The van der Waals surface area contributed by atoms with E-state index in [0.717, 1.165) is 31.5 Å². The van der Waals surface area contributed by atoms with E-state index in [9.17, 15) is 14.4 Å². The number of Topliss-reactive ketones (excluding diaryl/α,β-unsaturated/α-hetero) is 1. The maximum Gasteiger partial charge on any atom is 0.291 e. The molecule has 0 bridgehead atoms. The molecule has 1 unspecified atom stereocenters. The Morgan fingerprint density at radius 2 is 1.81 bits per heavy atom. The second-order valence-electron chi connectivity index (χ2n) is 6.83. The first-order valence-electron chi connectivity index (χ1n) is 8.62. The van der Waals surface area contributed by atoms with Gasteiger partial charge in [-0.25, -0.2) is 0 Å². The zero-order valence-electron chi connectivity index (χ0n) is 14.5. The Hall–Kier alpha value is -1.63. The molecule has 2 amide bonds. The van der Waals surface area contributed by atoms with Crippen LogP contribution in [0.4, 0.5) is 0 Å². The summed E-state index contributed by atoms with van der Waals surface area (Å²) in [6.45, 7) is 2.07. The van der Waals surface area contributed by atoms with Crippen LogP contribution < -0.4 is 5.32 Å². The van der Waals surface area contributed by atoms with Crippen LogP contribution in [0.2, 0.25) is 10.0 Å². The summed E-state index contributed by atoms with van der Waals surface area (Å²) in [5.41, 5.74) is 0.769. The van der Waals surface area contributed by atoms with Crippen molar-refractivity contribution < 1.29 is 14.4 Å². The lowest BCUT2D eigenvalue weighted by Crippen LogP contribution is -2.44. The molecule has 2 aliphatic heterocycles. The second kappa shape index (κ2) is 7.94. The Balaban J connectivity index is 1.68. The van der Waals surface area contributed by atoms with Gasteiger partial charge in [0.25, 0.3) is 5.91 Å². The molecule has 2 aliphatic rings. The molecule has 0 aliphatic carbocycles. The molecule has 1 aromatic carbocycles. The van der Waals surface area contributed by atoms with E-state index in [1.165, 1.54) is 4.90 Å². The molecular weight excluding hydrogens is 377 g/mol. The molecule has 1 atom stereocenters. The molecule has 2 heterocycles. The van der Waals surface area contributed by atoms with Crippen molar-refractivity contribution in [1.29, 1.82) is 0 Å². The summed E-state index contributed by atoms with van der Waals surface area (Å²) >= 11 is 12.0. The number of halogens is 2. The minimum atomic E-state index is -0.933. The summed E-state index contributed by atoms with van der Waals surface area (Å²) in [5, 5.41) is 4.20. The van der Waals surface area contributed by atoms with E-state index in [1.54, 1.807) is 30.1 Å². The first kappa shape index (κ1) is 19.1. The number of rotatable bonds is 4. The van der Waals surface area contributed by atoms with Gasteiger partial charge in [0.05, 0.1) is 0 Å². The Labute approximate surface area is 162 Å². The Kier molecular flexibility index (Phi) is 5.85. The van der Waals surface area contributed by atoms with Crippen LogP contribution >= 0.6 is 23.2 Å². The van der Waals surface area contributed by atoms with Crippen LogP contribution in [0.5, 0.6) is 0 Å². The summed E-state index contributed by atoms with van der Waals surface area (Å²) in [6, 6.07) is 5.09. The normalized spacial score (nSPS) is 21.3. The van der Waals surface area contributed by atoms with Crippen molar-refractivity contribution >= 4 is 40.8 Å². The predicted octanol–water partition coefficient (Wildman–Crippen LogP) is 1.73. The molecule has 1 N–H and O–H groups in total. The summed E-state index contributed by atoms with van der Waals surface area (Å²) in [5.74, 6) is -2.42. The molecule has 0 radical (unpaired) electrons. The molecule has 8 heteroatoms. The summed E-state index contributed by atoms with van der Waals surface area (Å²) in [6.07, 6.45) is 1.60. The molecule has 26 heavy (non-hydrogen) atoms. The minimum absolute atomic E-state index is 0.0301. The van der Waals surface area contributed by atoms with Crippen LogP contribution in [0.25, 0.3) is 0 Å². The molecule has 140 valence electrons. The van der Waals surface area contributed by atoms with Crippen molar-refractivity contribution in [2.45, 2.75) is 25.4 Å². The Morgan fingerprint density at radius 3 is 2.42 bits per heavy atom. The van der Waals surface area contributed by atoms with E-state index in [1.807, 2.05) is 0 Å². The number of likely N-dealkylation sites (tertiary alicyclic amines) is 1. The van der Waals surface area contributed by atoms with Gasteiger partial charge in [-0.05, 0) is 49.7 Å². The number of amides is 2. The number of benzene rings is 1. The number of hydrogen-bond donors (Lipinski definition) is 1. The van der Waals surface area contributed by atoms with Gasteiger partial charge in [0.1, 0.15) is 5.92 Å². The molecule has 3 rings (SSSR count). The van der Waals surface area contributed by atoms with Gasteiger partial charge in [0.15, 0.2) is 0 Å². The van der Waals surface area contributed by atoms with Gasteiger partial charge in [-0.3, -0.25) is 14.4 Å². The van der Waals surface area contributed by atoms with Crippen LogP contribution in [0.15, 0.2) is 18.2 Å². The highest BCUT2D eigenvalue weighted by Crippen LogP contribution is 2.24. The Bertz CT molecular complexity index is 714. The molecule has 2 fully saturated rings. The molecule has 0 aromatic heterocycles. The highest BCUT2D eigenvalue weighted by molar-refractivity contribution is 6.42. The van der Waals surface area contributed by atoms with E-state index in [-0.39, 0.29) is 25.0 Å². The van der Waals surface area contributed by atoms with Crippen LogP contribution in [-0.2, 0) is 20.9 Å². The topological polar surface area (TPSA) is 69.7 Å². The van der Waals surface area contributed by atoms with Crippen molar-refractivity contribution in [1.82, 2.24) is 15.1 Å². The van der Waals surface area contributed by atoms with Gasteiger partial charge >= 0.3 is 0 Å². The maximum absolute atomic E-state index is 12.8. The zero-order valence-corrected chi connectivity index (χ0v) is 16.0. The molecule has 0 spiro atoms. The standard InChI is InChI=1S/C18H21Cl2N3O3/c1-22(9-11-6-12(19)8-13(20)7-11)17(25)15-10-23(18(26)16(15)24)14-2-4-21-5-3-14/h6-8,14-15,21H,2-5,9-10H2,1H3. The van der Waals surface area contributed by atoms with E-state index in [0.29, 0.717) is 10.0 Å². The number of carbonyl (C=O) groups is 3. The number of piperidine rings is 1. The van der Waals surface area contributed by atoms with Crippen LogP contribution in [0.1, 0.15) is 18.4 Å². The molecular formula is C18H21Cl2N3O3. The van der Waals surface area contributed by atoms with E-state index in [4.69, 9.17) is 23.2 Å². The summed E-state index contributed by atoms with van der Waals surface area (Å²) in [4.78, 5) is 40.5. The average Bonchev–Trinajstić information content (AvgIpc) is 2.89. The molecule has 0 saturated carbocycles. The van der Waals surface area contributed by atoms with Crippen molar-refractivity contribution in [2.75, 3.05) is 26.7 Å². The summed E-state index contributed by atoms with van der Waals surface area (Å²) in [7, 11) is 1.61. The average molecular weight is 398 g/mol. The lowest BCUT2D eigenvalue weighted by Gasteiger charge is -2.31. The maximum atomic E-state index is 12.8. The SMILES string of the molecule is CN(Cc1cc(Cl)cc(Cl)c1)C(=O)C1CN(C2CCNCC2)C(=O)C1=O. The van der Waals surface area contributed by atoms with E-state index < -0.39 is 17.6 Å². The van der Waals surface area contributed by atoms with Crippen LogP contribution in [0, 0.1) is 5.92 Å². The largest absolute Gasteiger partial charge is 0.341 e. The number of carbonyl (C=O) groups excluding carboxylic acids is 3. The minimum Gasteiger partial charge on any atom is -0.341 e. The number of hydrogen-bond acceptors (Lipinski definition) is 4. The fourth-order valence-corrected chi connectivity index (χ4v) is 4.17. The molecule has 6 nitrogen and oxygen atoms in total. The fraction of sp³-hybridized carbons (Fsp3) is 0.500. The van der Waals surface area contributed by atoms with Gasteiger partial charge in [-0.1, -0.05) is 23.2 Å². The fourth-order valence-electron chi connectivity index (χ4n) is 3.60. The lowest BCUT2D eigenvalue weighted by atomic mass is 10.0. The van der Waals surface area contributed by atoms with Gasteiger partial charge in [-0.2, -0.15) is 0 Å². The lowest BCUT2D eigenvalue weighted by molar-refractivity contribution is -0.145. The third-order valence-corrected chi connectivity index (χ3v) is 5.37. The van der Waals surface area contributed by atoms with Gasteiger partial charge in [-0.15, -0.1) is 0 Å². The van der Waals surface area contributed by atoms with Crippen molar-refractivity contribution in [3.63, 3.8) is 0 Å². The van der Waals surface area contributed by atoms with Gasteiger partial charge in [0, 0.05) is 36.2 Å². The van der Waals surface area contributed by atoms with Gasteiger partial charge in [0.2, 0.25) is 11.7 Å².